The van der Waals surface area contributed by atoms with Gasteiger partial charge in [0.05, 0.1) is 22.9 Å². The Morgan fingerprint density at radius 3 is 2.58 bits per heavy atom. The van der Waals surface area contributed by atoms with Gasteiger partial charge in [0, 0.05) is 7.11 Å². The van der Waals surface area contributed by atoms with Crippen molar-refractivity contribution < 1.29 is 18.3 Å². The largest absolute Gasteiger partial charge is 0.392 e. The zero-order chi connectivity index (χ0) is 13.9. The van der Waals surface area contributed by atoms with E-state index in [0.717, 1.165) is 5.57 Å². The Hall–Kier alpha value is -1.17. The van der Waals surface area contributed by atoms with E-state index in [1.807, 2.05) is 0 Å². The van der Waals surface area contributed by atoms with Crippen molar-refractivity contribution in [3.8, 4) is 0 Å². The van der Waals surface area contributed by atoms with Crippen LogP contribution in [0.1, 0.15) is 12.8 Å². The Labute approximate surface area is 113 Å². The number of ether oxygens (including phenoxy) is 1. The number of aliphatic hydroxyl groups is 1. The molecule has 1 aliphatic rings. The van der Waals surface area contributed by atoms with Crippen LogP contribution < -0.4 is 0 Å². The highest BCUT2D eigenvalue weighted by Crippen LogP contribution is 2.29. The minimum absolute atomic E-state index is 0.0437. The topological polar surface area (TPSA) is 63.6 Å². The van der Waals surface area contributed by atoms with E-state index in [2.05, 4.69) is 0 Å². The fourth-order valence-electron chi connectivity index (χ4n) is 2.38. The van der Waals surface area contributed by atoms with Gasteiger partial charge in [-0.1, -0.05) is 24.3 Å². The van der Waals surface area contributed by atoms with Crippen molar-refractivity contribution in [3.63, 3.8) is 0 Å². The number of methoxy groups -OCH3 is 1. The minimum atomic E-state index is -3.41. The average Bonchev–Trinajstić information content (AvgIpc) is 2.47. The van der Waals surface area contributed by atoms with Crippen LogP contribution in [0.15, 0.2) is 46.9 Å². The molecule has 1 aromatic rings. The van der Waals surface area contributed by atoms with Crippen LogP contribution in [0.2, 0.25) is 0 Å². The van der Waals surface area contributed by atoms with Gasteiger partial charge in [0.15, 0.2) is 9.84 Å². The first-order valence-electron chi connectivity index (χ1n) is 6.21. The van der Waals surface area contributed by atoms with E-state index >= 15 is 0 Å². The van der Waals surface area contributed by atoms with Crippen molar-refractivity contribution in [2.24, 2.45) is 0 Å². The van der Waals surface area contributed by atoms with Crippen molar-refractivity contribution >= 4 is 9.84 Å². The van der Waals surface area contributed by atoms with Gasteiger partial charge >= 0.3 is 0 Å². The molecule has 0 saturated carbocycles. The Kier molecular flexibility index (Phi) is 4.39. The lowest BCUT2D eigenvalue weighted by Crippen LogP contribution is -2.37. The summed E-state index contributed by atoms with van der Waals surface area (Å²) in [5.41, 5.74) is 0.839. The van der Waals surface area contributed by atoms with Gasteiger partial charge in [-0.2, -0.15) is 0 Å². The molecular weight excluding hydrogens is 264 g/mol. The number of benzene rings is 1. The number of aliphatic hydroxyl groups excluding tert-OH is 1. The summed E-state index contributed by atoms with van der Waals surface area (Å²) in [4.78, 5) is 0.322. The molecule has 0 radical (unpaired) electrons. The fraction of sp³-hybridized carbons (Fsp3) is 0.429. The predicted molar refractivity (Wildman–Crippen MR) is 72.6 cm³/mol. The molecule has 4 nitrogen and oxygen atoms in total. The zero-order valence-electron chi connectivity index (χ0n) is 10.8. The van der Waals surface area contributed by atoms with Gasteiger partial charge in [-0.15, -0.1) is 0 Å². The Bertz CT molecular complexity index is 548. The van der Waals surface area contributed by atoms with E-state index in [9.17, 15) is 8.42 Å². The van der Waals surface area contributed by atoms with Crippen LogP contribution in [-0.4, -0.2) is 38.6 Å². The van der Waals surface area contributed by atoms with Gasteiger partial charge in [-0.05, 0) is 30.5 Å². The van der Waals surface area contributed by atoms with Crippen molar-refractivity contribution in [1.82, 2.24) is 0 Å². The molecule has 0 unspecified atom stereocenters. The molecule has 19 heavy (non-hydrogen) atoms. The second-order valence-corrected chi connectivity index (χ2v) is 6.79. The van der Waals surface area contributed by atoms with Crippen LogP contribution in [0.4, 0.5) is 0 Å². The zero-order valence-corrected chi connectivity index (χ0v) is 11.6. The van der Waals surface area contributed by atoms with Crippen LogP contribution >= 0.6 is 0 Å². The maximum atomic E-state index is 12.6. The molecule has 2 atom stereocenters. The molecule has 0 aliphatic heterocycles. The molecule has 1 aliphatic carbocycles. The van der Waals surface area contributed by atoms with E-state index < -0.39 is 21.2 Å². The van der Waals surface area contributed by atoms with Gasteiger partial charge < -0.3 is 9.84 Å². The maximum absolute atomic E-state index is 12.6. The summed E-state index contributed by atoms with van der Waals surface area (Å²) < 4.78 is 30.4. The van der Waals surface area contributed by atoms with Crippen LogP contribution in [0.25, 0.3) is 0 Å². The smallest absolute Gasteiger partial charge is 0.184 e. The van der Waals surface area contributed by atoms with Gasteiger partial charge in [0.25, 0.3) is 0 Å². The highest BCUT2D eigenvalue weighted by atomic mass is 32.2. The van der Waals surface area contributed by atoms with Gasteiger partial charge in [-0.3, -0.25) is 0 Å². The summed E-state index contributed by atoms with van der Waals surface area (Å²) in [6.07, 6.45) is 2.30. The first-order chi connectivity index (χ1) is 9.09. The molecule has 0 fully saturated rings. The molecule has 0 amide bonds. The number of rotatable bonds is 4. The Balaban J connectivity index is 2.34. The first-order valence-corrected chi connectivity index (χ1v) is 7.76. The van der Waals surface area contributed by atoms with Crippen LogP contribution in [-0.2, 0) is 14.6 Å². The Morgan fingerprint density at radius 1 is 1.32 bits per heavy atom. The summed E-state index contributed by atoms with van der Waals surface area (Å²) >= 11 is 0. The number of hydrogen-bond acceptors (Lipinski definition) is 4. The standard InChI is InChI=1S/C14H18O4S/c1-18-13-9-11(10-15)7-8-14(13)19(16,17)12-5-3-2-4-6-12/h2-6,9,13-15H,7-8,10H2,1H3/t13-,14-/m1/s1. The molecular formula is C14H18O4S. The molecule has 5 heteroatoms. The van der Waals surface area contributed by atoms with E-state index in [0.29, 0.717) is 17.7 Å². The van der Waals surface area contributed by atoms with Crippen LogP contribution in [0.5, 0.6) is 0 Å². The fourth-order valence-corrected chi connectivity index (χ4v) is 4.24. The lowest BCUT2D eigenvalue weighted by atomic mass is 9.97. The lowest BCUT2D eigenvalue weighted by Gasteiger charge is -2.28. The third-order valence-electron chi connectivity index (χ3n) is 3.46. The van der Waals surface area contributed by atoms with Crippen molar-refractivity contribution in [3.05, 3.63) is 42.0 Å². The summed E-state index contributed by atoms with van der Waals surface area (Å²) in [6.45, 7) is -0.0437. The second-order valence-electron chi connectivity index (χ2n) is 4.62. The summed E-state index contributed by atoms with van der Waals surface area (Å²) in [6, 6.07) is 8.43. The third-order valence-corrected chi connectivity index (χ3v) is 5.69. The number of sulfone groups is 1. The number of hydrogen-bond donors (Lipinski definition) is 1. The summed E-state index contributed by atoms with van der Waals surface area (Å²) in [5.74, 6) is 0. The minimum Gasteiger partial charge on any atom is -0.392 e. The molecule has 2 rings (SSSR count). The maximum Gasteiger partial charge on any atom is 0.184 e. The van der Waals surface area contributed by atoms with Crippen molar-refractivity contribution in [1.29, 1.82) is 0 Å². The SMILES string of the molecule is CO[C@@H]1C=C(CO)CC[C@H]1S(=O)(=O)c1ccccc1. The first kappa shape index (κ1) is 14.2. The lowest BCUT2D eigenvalue weighted by molar-refractivity contribution is 0.127. The molecule has 1 aromatic carbocycles. The highest BCUT2D eigenvalue weighted by Gasteiger charge is 2.36. The second kappa shape index (κ2) is 5.86. The molecule has 0 saturated heterocycles. The van der Waals surface area contributed by atoms with Crippen molar-refractivity contribution in [2.75, 3.05) is 13.7 Å². The predicted octanol–water partition coefficient (Wildman–Crippen LogP) is 1.56. The van der Waals surface area contributed by atoms with Crippen LogP contribution in [0.3, 0.4) is 0 Å². The van der Waals surface area contributed by atoms with Gasteiger partial charge in [0.2, 0.25) is 0 Å². The van der Waals surface area contributed by atoms with Gasteiger partial charge in [-0.25, -0.2) is 8.42 Å². The molecule has 0 aromatic heterocycles. The molecule has 0 spiro atoms. The average molecular weight is 282 g/mol. The van der Waals surface area contributed by atoms with Crippen LogP contribution in [0, 0.1) is 0 Å². The summed E-state index contributed by atoms with van der Waals surface area (Å²) in [7, 11) is -1.91. The highest BCUT2D eigenvalue weighted by molar-refractivity contribution is 7.92. The molecule has 0 bridgehead atoms. The molecule has 1 N–H and O–H groups in total. The monoisotopic (exact) mass is 282 g/mol. The van der Waals surface area contributed by atoms with E-state index in [1.165, 1.54) is 7.11 Å². The van der Waals surface area contributed by atoms with E-state index in [-0.39, 0.29) is 6.61 Å². The summed E-state index contributed by atoms with van der Waals surface area (Å²) in [5, 5.41) is 8.55. The third kappa shape index (κ3) is 2.88. The van der Waals surface area contributed by atoms with E-state index in [4.69, 9.17) is 9.84 Å². The normalized spacial score (nSPS) is 24.0. The van der Waals surface area contributed by atoms with Gasteiger partial charge in [0.1, 0.15) is 0 Å². The van der Waals surface area contributed by atoms with Crippen molar-refractivity contribution in [2.45, 2.75) is 29.1 Å². The molecule has 0 heterocycles. The molecule has 104 valence electrons. The quantitative estimate of drug-likeness (QED) is 0.851. The Morgan fingerprint density at radius 2 is 2.00 bits per heavy atom. The van der Waals surface area contributed by atoms with E-state index in [1.54, 1.807) is 36.4 Å².